The zero-order valence-corrected chi connectivity index (χ0v) is 3.26. The van der Waals surface area contributed by atoms with Crippen LogP contribution in [0.1, 0.15) is 14.7 Å². The van der Waals surface area contributed by atoms with Gasteiger partial charge in [-0.15, -0.1) is 11.6 Å². The van der Waals surface area contributed by atoms with E-state index < -0.39 is 0 Å². The second-order valence-electron chi connectivity index (χ2n) is 0.543. The molecular formula is C3H7Cl. The van der Waals surface area contributed by atoms with Crippen LogP contribution in [0.3, 0.4) is 0 Å². The summed E-state index contributed by atoms with van der Waals surface area (Å²) in [6.45, 7) is 0.462. The third-order valence-corrected chi connectivity index (χ3v) is 0.401. The van der Waals surface area contributed by atoms with Gasteiger partial charge in [0.2, 0.25) is 0 Å². The van der Waals surface area contributed by atoms with Gasteiger partial charge in [0.25, 0.3) is 0 Å². The van der Waals surface area contributed by atoms with Crippen LogP contribution in [0, 0.1) is 0 Å². The van der Waals surface area contributed by atoms with Crippen molar-refractivity contribution >= 4 is 11.6 Å². The number of alkyl halides is 1. The smallest absolute Gasteiger partial charge is 0.0231 e. The molecule has 0 bridgehead atoms. The minimum atomic E-state index is 0.462. The van der Waals surface area contributed by atoms with Crippen LogP contribution in [-0.2, 0) is 0 Å². The van der Waals surface area contributed by atoms with Crippen LogP contribution in [0.4, 0.5) is 0 Å². The molecule has 0 atom stereocenters. The van der Waals surface area contributed by atoms with Crippen LogP contribution in [0.25, 0.3) is 0 Å². The van der Waals surface area contributed by atoms with Gasteiger partial charge < -0.3 is 0 Å². The summed E-state index contributed by atoms with van der Waals surface area (Å²) < 4.78 is 6.52. The highest BCUT2D eigenvalue weighted by Crippen LogP contribution is 1.75. The van der Waals surface area contributed by atoms with Crippen LogP contribution in [-0.4, -0.2) is 5.88 Å². The maximum atomic E-state index is 6.52. The fraction of sp³-hybridized carbons (Fsp3) is 1.00. The van der Waals surface area contributed by atoms with E-state index in [-0.39, 0.29) is 0 Å². The van der Waals surface area contributed by atoms with E-state index >= 15 is 0 Å². The first-order valence-corrected chi connectivity index (χ1v) is 1.80. The molecule has 0 fully saturated rings. The second kappa shape index (κ2) is 3.29. The molecule has 26 valence electrons. The van der Waals surface area contributed by atoms with Crippen LogP contribution >= 0.6 is 11.6 Å². The lowest BCUT2D eigenvalue weighted by atomic mass is 10.6. The van der Waals surface area contributed by atoms with Crippen LogP contribution < -0.4 is 0 Å². The standard InChI is InChI=1S/C3H7Cl/c1-2-3-4/h2-3H2,1H3/i1T. The molecule has 0 aliphatic carbocycles. The Bertz CT molecular complexity index is 14.4. The first kappa shape index (κ1) is 2.52. The summed E-state index contributed by atoms with van der Waals surface area (Å²) in [5.41, 5.74) is 0. The maximum absolute atomic E-state index is 6.52. The molecular weight excluding hydrogens is 71.5 g/mol. The Balaban J connectivity index is 2.19. The molecule has 1 heteroatoms. The number of halogens is 1. The Hall–Kier alpha value is 0.290. The summed E-state index contributed by atoms with van der Waals surface area (Å²) in [4.78, 5) is 0. The lowest BCUT2D eigenvalue weighted by Crippen LogP contribution is -1.55. The van der Waals surface area contributed by atoms with Crippen LogP contribution in [0.5, 0.6) is 0 Å². The molecule has 0 rings (SSSR count). The van der Waals surface area contributed by atoms with Crippen molar-refractivity contribution in [2.24, 2.45) is 0 Å². The number of hydrogen-bond donors (Lipinski definition) is 0. The van der Waals surface area contributed by atoms with Crippen molar-refractivity contribution in [2.45, 2.75) is 13.3 Å². The Labute approximate surface area is 33.2 Å². The lowest BCUT2D eigenvalue weighted by molar-refractivity contribution is 1.10. The van der Waals surface area contributed by atoms with Crippen molar-refractivity contribution < 1.29 is 1.37 Å². The SMILES string of the molecule is [3H]CCCCl. The molecule has 0 heterocycles. The highest BCUT2D eigenvalue weighted by Gasteiger charge is 1.59. The highest BCUT2D eigenvalue weighted by atomic mass is 35.5. The van der Waals surface area contributed by atoms with E-state index in [9.17, 15) is 0 Å². The van der Waals surface area contributed by atoms with E-state index in [0.717, 1.165) is 6.42 Å². The molecule has 0 saturated heterocycles. The molecule has 0 nitrogen and oxygen atoms in total. The summed E-state index contributed by atoms with van der Waals surface area (Å²) in [7, 11) is 0. The molecule has 0 radical (unpaired) electrons. The van der Waals surface area contributed by atoms with Crippen LogP contribution in [0.2, 0.25) is 0 Å². The second-order valence-corrected chi connectivity index (χ2v) is 0.921. The van der Waals surface area contributed by atoms with Crippen molar-refractivity contribution in [1.29, 1.82) is 0 Å². The number of rotatable bonds is 1. The third-order valence-electron chi connectivity index (χ3n) is 0.134. The average molecular weight is 80.6 g/mol. The van der Waals surface area contributed by atoms with Crippen molar-refractivity contribution in [3.05, 3.63) is 0 Å². The topological polar surface area (TPSA) is 0 Å². The monoisotopic (exact) mass is 80.0 g/mol. The predicted octanol–water partition coefficient (Wildman–Crippen LogP) is 1.64. The van der Waals surface area contributed by atoms with Gasteiger partial charge >= 0.3 is 0 Å². The van der Waals surface area contributed by atoms with Gasteiger partial charge in [0.15, 0.2) is 0 Å². The van der Waals surface area contributed by atoms with Gasteiger partial charge in [-0.2, -0.15) is 0 Å². The third kappa shape index (κ3) is 2.29. The molecule has 0 aromatic heterocycles. The highest BCUT2D eigenvalue weighted by molar-refractivity contribution is 6.17. The molecule has 0 aliphatic rings. The van der Waals surface area contributed by atoms with E-state index in [0.29, 0.717) is 12.8 Å². The van der Waals surface area contributed by atoms with Gasteiger partial charge in [0, 0.05) is 7.25 Å². The van der Waals surface area contributed by atoms with Crippen LogP contribution in [0.15, 0.2) is 0 Å². The number of hydrogen-bond acceptors (Lipinski definition) is 0. The van der Waals surface area contributed by atoms with Crippen molar-refractivity contribution in [1.82, 2.24) is 0 Å². The van der Waals surface area contributed by atoms with Gasteiger partial charge in [0.1, 0.15) is 0 Å². The van der Waals surface area contributed by atoms with Crippen molar-refractivity contribution in [3.63, 3.8) is 0 Å². The normalized spacial score (nSPS) is 10.8. The van der Waals surface area contributed by atoms with Crippen molar-refractivity contribution in [3.8, 4) is 0 Å². The fourth-order valence-electron chi connectivity index (χ4n) is 0. The summed E-state index contributed by atoms with van der Waals surface area (Å²) >= 11 is 5.18. The molecule has 0 aromatic rings. The summed E-state index contributed by atoms with van der Waals surface area (Å²) in [6, 6.07) is 0. The van der Waals surface area contributed by atoms with E-state index in [1.807, 2.05) is 0 Å². The first-order chi connectivity index (χ1) is 2.41. The minimum absolute atomic E-state index is 0.462. The minimum Gasteiger partial charge on any atom is -0.127 e. The van der Waals surface area contributed by atoms with E-state index in [1.54, 1.807) is 0 Å². The Morgan fingerprint density at radius 1 is 2.25 bits per heavy atom. The lowest BCUT2D eigenvalue weighted by Gasteiger charge is -1.65. The quantitative estimate of drug-likeness (QED) is 0.420. The Morgan fingerprint density at radius 3 is 3.00 bits per heavy atom. The van der Waals surface area contributed by atoms with Gasteiger partial charge in [-0.1, -0.05) is 6.90 Å². The van der Waals surface area contributed by atoms with Gasteiger partial charge in [-0.25, -0.2) is 0 Å². The van der Waals surface area contributed by atoms with Gasteiger partial charge in [-0.3, -0.25) is 0 Å². The van der Waals surface area contributed by atoms with Gasteiger partial charge in [-0.05, 0) is 6.42 Å². The molecule has 0 unspecified atom stereocenters. The molecule has 4 heavy (non-hydrogen) atoms. The van der Waals surface area contributed by atoms with E-state index in [2.05, 4.69) is 0 Å². The average Bonchev–Trinajstić information content (AvgIpc) is 1.41. The molecule has 0 aromatic carbocycles. The first-order valence-electron chi connectivity index (χ1n) is 1.97. The Kier molecular flexibility index (Phi) is 2.08. The van der Waals surface area contributed by atoms with E-state index in [4.69, 9.17) is 13.0 Å². The zero-order chi connectivity index (χ0) is 4.12. The molecule has 0 saturated carbocycles. The van der Waals surface area contributed by atoms with E-state index in [1.165, 1.54) is 0 Å². The summed E-state index contributed by atoms with van der Waals surface area (Å²) in [6.07, 6.45) is 0.821. The molecule has 0 spiro atoms. The predicted molar refractivity (Wildman–Crippen MR) is 21.0 cm³/mol. The maximum Gasteiger partial charge on any atom is 0.0231 e. The molecule has 0 aliphatic heterocycles. The molecule has 0 amide bonds. The largest absolute Gasteiger partial charge is 0.127 e. The van der Waals surface area contributed by atoms with Crippen molar-refractivity contribution in [2.75, 3.05) is 5.88 Å². The summed E-state index contributed by atoms with van der Waals surface area (Å²) in [5.74, 6) is 0.628. The Morgan fingerprint density at radius 2 is 3.00 bits per heavy atom. The summed E-state index contributed by atoms with van der Waals surface area (Å²) in [5, 5.41) is 0. The zero-order valence-electron chi connectivity index (χ0n) is 3.50. The molecule has 0 N–H and O–H groups in total. The van der Waals surface area contributed by atoms with Gasteiger partial charge in [0.05, 0.1) is 0 Å². The fourth-order valence-corrected chi connectivity index (χ4v) is 0.